The molecule has 2 nitrogen and oxygen atoms in total. The fourth-order valence-corrected chi connectivity index (χ4v) is 3.70. The normalized spacial score (nSPS) is 11.1. The molecular formula is C25H18F5N2+. The maximum absolute atomic E-state index is 14.4. The van der Waals surface area contributed by atoms with Gasteiger partial charge in [-0.2, -0.15) is 4.57 Å². The number of benzene rings is 3. The van der Waals surface area contributed by atoms with E-state index in [2.05, 4.69) is 4.98 Å². The molecule has 4 aromatic rings. The van der Waals surface area contributed by atoms with Gasteiger partial charge >= 0.3 is 0 Å². The summed E-state index contributed by atoms with van der Waals surface area (Å²) in [5.74, 6) is -3.61. The molecule has 7 heteroatoms. The van der Waals surface area contributed by atoms with Gasteiger partial charge in [-0.15, -0.1) is 0 Å². The monoisotopic (exact) mass is 441 g/mol. The number of hydrogen-bond acceptors (Lipinski definition) is 1. The minimum Gasteiger partial charge on any atom is -0.234 e. The van der Waals surface area contributed by atoms with Crippen LogP contribution in [0.15, 0.2) is 54.6 Å². The molecule has 0 amide bonds. The quantitative estimate of drug-likeness (QED) is 0.273. The molecule has 4 rings (SSSR count). The summed E-state index contributed by atoms with van der Waals surface area (Å²) in [6, 6.07) is 10.5. The van der Waals surface area contributed by atoms with Gasteiger partial charge in [0.25, 0.3) is 0 Å². The number of nitrogens with zero attached hydrogens (tertiary/aromatic N) is 2. The van der Waals surface area contributed by atoms with Crippen molar-refractivity contribution >= 4 is 0 Å². The lowest BCUT2D eigenvalue weighted by molar-refractivity contribution is -0.666. The van der Waals surface area contributed by atoms with Crippen LogP contribution >= 0.6 is 0 Å². The Morgan fingerprint density at radius 2 is 1.25 bits per heavy atom. The summed E-state index contributed by atoms with van der Waals surface area (Å²) in [7, 11) is 1.67. The Morgan fingerprint density at radius 1 is 0.656 bits per heavy atom. The van der Waals surface area contributed by atoms with E-state index >= 15 is 0 Å². The Hall–Kier alpha value is -3.61. The van der Waals surface area contributed by atoms with Gasteiger partial charge in [-0.05, 0) is 55.0 Å². The van der Waals surface area contributed by atoms with Gasteiger partial charge in [0, 0.05) is 30.2 Å². The summed E-state index contributed by atoms with van der Waals surface area (Å²) in [4.78, 5) is 4.64. The van der Waals surface area contributed by atoms with Crippen molar-refractivity contribution in [2.24, 2.45) is 7.05 Å². The summed E-state index contributed by atoms with van der Waals surface area (Å²) in [5.41, 5.74) is 2.49. The minimum absolute atomic E-state index is 0.0977. The molecule has 32 heavy (non-hydrogen) atoms. The van der Waals surface area contributed by atoms with Crippen LogP contribution in [-0.2, 0) is 7.05 Å². The fourth-order valence-electron chi connectivity index (χ4n) is 3.70. The molecule has 0 saturated heterocycles. The van der Waals surface area contributed by atoms with Gasteiger partial charge in [-0.25, -0.2) is 26.9 Å². The highest BCUT2D eigenvalue weighted by molar-refractivity contribution is 5.79. The summed E-state index contributed by atoms with van der Waals surface area (Å²) in [5, 5.41) is 0. The first-order valence-corrected chi connectivity index (χ1v) is 9.74. The Morgan fingerprint density at radius 3 is 1.88 bits per heavy atom. The SMILES string of the molecule is Cc1c(F)cc(F)cc1-c1c(-c2cc(F)cc(F)c2)nc(-c2ccc(F)cc2)c(C)[n+]1C. The molecular weight excluding hydrogens is 423 g/mol. The molecule has 0 radical (unpaired) electrons. The van der Waals surface area contributed by atoms with Crippen LogP contribution in [0.1, 0.15) is 11.3 Å². The first kappa shape index (κ1) is 21.6. The summed E-state index contributed by atoms with van der Waals surface area (Å²) >= 11 is 0. The smallest absolute Gasteiger partial charge is 0.234 e. The van der Waals surface area contributed by atoms with E-state index in [0.717, 1.165) is 30.3 Å². The van der Waals surface area contributed by atoms with Crippen LogP contribution < -0.4 is 4.57 Å². The average molecular weight is 441 g/mol. The zero-order valence-electron chi connectivity index (χ0n) is 17.5. The zero-order valence-corrected chi connectivity index (χ0v) is 17.5. The Bertz CT molecular complexity index is 1330. The second-order valence-corrected chi connectivity index (χ2v) is 7.53. The van der Waals surface area contributed by atoms with Crippen LogP contribution in [0.5, 0.6) is 0 Å². The second kappa shape index (κ2) is 8.15. The standard InChI is InChI=1S/C25H18F5N2/c1-13-21(11-20(29)12-22(13)30)25-24(16-8-18(27)10-19(28)9-16)31-23(14(2)32(25)3)15-4-6-17(26)7-5-15/h4-12H,1-3H3/q+1. The average Bonchev–Trinajstić information content (AvgIpc) is 2.73. The van der Waals surface area contributed by atoms with Crippen molar-refractivity contribution in [2.45, 2.75) is 13.8 Å². The van der Waals surface area contributed by atoms with Crippen LogP contribution in [-0.4, -0.2) is 4.98 Å². The lowest BCUT2D eigenvalue weighted by Gasteiger charge is -2.15. The van der Waals surface area contributed by atoms with Crippen LogP contribution in [0.4, 0.5) is 22.0 Å². The minimum atomic E-state index is -0.818. The summed E-state index contributed by atoms with van der Waals surface area (Å²) in [6.45, 7) is 3.24. The number of hydrogen-bond donors (Lipinski definition) is 0. The molecule has 1 heterocycles. The van der Waals surface area contributed by atoms with Crippen LogP contribution in [0.3, 0.4) is 0 Å². The molecule has 0 saturated carbocycles. The number of halogens is 5. The van der Waals surface area contributed by atoms with Gasteiger partial charge in [0.2, 0.25) is 11.4 Å². The highest BCUT2D eigenvalue weighted by atomic mass is 19.1. The molecule has 1 aromatic heterocycles. The third-order valence-corrected chi connectivity index (χ3v) is 5.45. The van der Waals surface area contributed by atoms with Crippen LogP contribution in [0.2, 0.25) is 0 Å². The van der Waals surface area contributed by atoms with Crippen molar-refractivity contribution in [2.75, 3.05) is 0 Å². The molecule has 0 aliphatic heterocycles. The molecule has 0 aliphatic rings. The molecule has 0 spiro atoms. The van der Waals surface area contributed by atoms with Crippen molar-refractivity contribution in [3.8, 4) is 33.8 Å². The van der Waals surface area contributed by atoms with E-state index in [-0.39, 0.29) is 28.1 Å². The summed E-state index contributed by atoms with van der Waals surface area (Å²) in [6.07, 6.45) is 0. The van der Waals surface area contributed by atoms with E-state index in [0.29, 0.717) is 17.0 Å². The van der Waals surface area contributed by atoms with E-state index in [1.54, 1.807) is 18.5 Å². The Labute approximate surface area is 181 Å². The highest BCUT2D eigenvalue weighted by Gasteiger charge is 2.28. The first-order valence-electron chi connectivity index (χ1n) is 9.74. The maximum atomic E-state index is 14.4. The fraction of sp³-hybridized carbons (Fsp3) is 0.120. The van der Waals surface area contributed by atoms with Gasteiger partial charge < -0.3 is 0 Å². The zero-order chi connectivity index (χ0) is 23.2. The van der Waals surface area contributed by atoms with Crippen molar-refractivity contribution in [1.82, 2.24) is 4.98 Å². The Kier molecular flexibility index (Phi) is 5.50. The van der Waals surface area contributed by atoms with Gasteiger partial charge in [-0.3, -0.25) is 0 Å². The third-order valence-electron chi connectivity index (χ3n) is 5.45. The first-order chi connectivity index (χ1) is 15.2. The summed E-state index contributed by atoms with van der Waals surface area (Å²) < 4.78 is 71.8. The van der Waals surface area contributed by atoms with E-state index in [1.165, 1.54) is 31.2 Å². The lowest BCUT2D eigenvalue weighted by atomic mass is 9.97. The predicted octanol–water partition coefficient (Wildman–Crippen LogP) is 6.22. The van der Waals surface area contributed by atoms with Gasteiger partial charge in [-0.1, -0.05) is 0 Å². The number of aromatic nitrogens is 2. The van der Waals surface area contributed by atoms with E-state index in [9.17, 15) is 22.0 Å². The molecule has 162 valence electrons. The van der Waals surface area contributed by atoms with Crippen molar-refractivity contribution < 1.29 is 26.5 Å². The maximum Gasteiger partial charge on any atom is 0.239 e. The largest absolute Gasteiger partial charge is 0.239 e. The topological polar surface area (TPSA) is 16.8 Å². The number of rotatable bonds is 3. The van der Waals surface area contributed by atoms with E-state index < -0.39 is 29.1 Å². The highest BCUT2D eigenvalue weighted by Crippen LogP contribution is 2.35. The molecule has 0 bridgehead atoms. The molecule has 0 unspecified atom stereocenters. The molecule has 0 aliphatic carbocycles. The van der Waals surface area contributed by atoms with E-state index in [4.69, 9.17) is 0 Å². The molecule has 0 N–H and O–H groups in total. The van der Waals surface area contributed by atoms with Crippen molar-refractivity contribution in [3.05, 3.63) is 94.9 Å². The van der Waals surface area contributed by atoms with Crippen molar-refractivity contribution in [3.63, 3.8) is 0 Å². The second-order valence-electron chi connectivity index (χ2n) is 7.53. The molecule has 3 aromatic carbocycles. The third kappa shape index (κ3) is 3.86. The van der Waals surface area contributed by atoms with Gasteiger partial charge in [0.15, 0.2) is 0 Å². The van der Waals surface area contributed by atoms with Crippen molar-refractivity contribution in [1.29, 1.82) is 0 Å². The van der Waals surface area contributed by atoms with Crippen LogP contribution in [0, 0.1) is 42.9 Å². The lowest BCUT2D eigenvalue weighted by Crippen LogP contribution is -2.37. The molecule has 0 fully saturated rings. The predicted molar refractivity (Wildman–Crippen MR) is 111 cm³/mol. The molecule has 0 atom stereocenters. The Balaban J connectivity index is 2.12. The van der Waals surface area contributed by atoms with Gasteiger partial charge in [0.1, 0.15) is 47.5 Å². The van der Waals surface area contributed by atoms with Gasteiger partial charge in [0.05, 0.1) is 5.56 Å². The van der Waals surface area contributed by atoms with Crippen LogP contribution in [0.25, 0.3) is 33.8 Å². The van der Waals surface area contributed by atoms with E-state index in [1.807, 2.05) is 0 Å².